The third-order valence-corrected chi connectivity index (χ3v) is 2.39. The minimum absolute atomic E-state index is 0.259. The summed E-state index contributed by atoms with van der Waals surface area (Å²) in [7, 11) is 0. The van der Waals surface area contributed by atoms with Crippen LogP contribution >= 0.6 is 0 Å². The molecule has 4 nitrogen and oxygen atoms in total. The molecule has 0 saturated carbocycles. The highest BCUT2D eigenvalue weighted by Crippen LogP contribution is 2.28. The Kier molecular flexibility index (Phi) is 4.22. The van der Waals surface area contributed by atoms with E-state index in [0.29, 0.717) is 6.54 Å². The first-order valence-electron chi connectivity index (χ1n) is 6.02. The highest BCUT2D eigenvalue weighted by molar-refractivity contribution is 5.81. The van der Waals surface area contributed by atoms with E-state index in [1.807, 2.05) is 33.8 Å². The fraction of sp³-hybridized carbons (Fsp3) is 0.500. The van der Waals surface area contributed by atoms with Crippen molar-refractivity contribution in [3.63, 3.8) is 0 Å². The first kappa shape index (κ1) is 14.4. The first-order valence-corrected chi connectivity index (χ1v) is 6.02. The highest BCUT2D eigenvalue weighted by atomic mass is 16.6. The summed E-state index contributed by atoms with van der Waals surface area (Å²) in [6.45, 7) is 11.7. The summed E-state index contributed by atoms with van der Waals surface area (Å²) in [5.74, 6) is 0.524. The summed E-state index contributed by atoms with van der Waals surface area (Å²) in [6.07, 6.45) is 7.12. The van der Waals surface area contributed by atoms with Crippen molar-refractivity contribution in [2.24, 2.45) is 5.41 Å². The van der Waals surface area contributed by atoms with Gasteiger partial charge in [0.2, 0.25) is 0 Å². The van der Waals surface area contributed by atoms with Gasteiger partial charge in [-0.25, -0.2) is 0 Å². The van der Waals surface area contributed by atoms with Crippen LogP contribution in [0.25, 0.3) is 0 Å². The van der Waals surface area contributed by atoms with E-state index in [9.17, 15) is 4.79 Å². The predicted molar refractivity (Wildman–Crippen MR) is 72.5 cm³/mol. The van der Waals surface area contributed by atoms with Crippen LogP contribution in [0, 0.1) is 5.41 Å². The number of carbonyl (C=O) groups excluding carboxylic acids is 1. The van der Waals surface area contributed by atoms with Gasteiger partial charge in [0.05, 0.1) is 0 Å². The van der Waals surface area contributed by atoms with E-state index in [4.69, 9.17) is 4.74 Å². The molecule has 1 aliphatic rings. The lowest BCUT2D eigenvalue weighted by atomic mass is 9.88. The zero-order valence-electron chi connectivity index (χ0n) is 11.5. The van der Waals surface area contributed by atoms with Gasteiger partial charge in [0.1, 0.15) is 16.8 Å². The van der Waals surface area contributed by atoms with E-state index < -0.39 is 11.0 Å². The maximum absolute atomic E-state index is 12.2. The molecule has 2 N–H and O–H groups in total. The summed E-state index contributed by atoms with van der Waals surface area (Å²) in [6, 6.07) is 0. The average molecular weight is 250 g/mol. The molecule has 0 amide bonds. The van der Waals surface area contributed by atoms with E-state index in [-0.39, 0.29) is 5.97 Å². The standard InChI is InChI=1S/C14H22N2O2/c1-6-8-15-11-10-14(5,7-9-16-11)12(17)18-13(2,3)4/h6-7,9-10,15-16H,1,8H2,2-5H3. The maximum Gasteiger partial charge on any atom is 0.320 e. The smallest absolute Gasteiger partial charge is 0.320 e. The summed E-state index contributed by atoms with van der Waals surface area (Å²) in [4.78, 5) is 12.2. The molecular weight excluding hydrogens is 228 g/mol. The molecule has 1 heterocycles. The molecule has 1 aliphatic heterocycles. The normalized spacial score (nSPS) is 22.8. The number of dihydropyridines is 1. The molecule has 1 rings (SSSR count). The van der Waals surface area contributed by atoms with Gasteiger partial charge in [-0.3, -0.25) is 4.79 Å². The van der Waals surface area contributed by atoms with Gasteiger partial charge in [-0.2, -0.15) is 0 Å². The van der Waals surface area contributed by atoms with Crippen molar-refractivity contribution in [1.29, 1.82) is 0 Å². The van der Waals surface area contributed by atoms with Crippen molar-refractivity contribution in [1.82, 2.24) is 10.6 Å². The van der Waals surface area contributed by atoms with Crippen LogP contribution in [0.4, 0.5) is 0 Å². The lowest BCUT2D eigenvalue weighted by Gasteiger charge is -2.29. The predicted octanol–water partition coefficient (Wildman–Crippen LogP) is 2.07. The van der Waals surface area contributed by atoms with Crippen LogP contribution in [-0.2, 0) is 9.53 Å². The van der Waals surface area contributed by atoms with Gasteiger partial charge < -0.3 is 15.4 Å². The Labute approximate surface area is 109 Å². The fourth-order valence-electron chi connectivity index (χ4n) is 1.49. The van der Waals surface area contributed by atoms with Gasteiger partial charge >= 0.3 is 5.97 Å². The maximum atomic E-state index is 12.2. The first-order chi connectivity index (χ1) is 8.27. The molecule has 1 atom stereocenters. The number of rotatable bonds is 4. The van der Waals surface area contributed by atoms with E-state index >= 15 is 0 Å². The number of carbonyl (C=O) groups is 1. The SMILES string of the molecule is C=CCNC1=CC(C)(C(=O)OC(C)(C)C)C=CN1. The zero-order chi connectivity index (χ0) is 13.8. The number of ether oxygens (including phenoxy) is 1. The van der Waals surface area contributed by atoms with Gasteiger partial charge in [-0.15, -0.1) is 6.58 Å². The molecule has 0 aromatic heterocycles. The summed E-state index contributed by atoms with van der Waals surface area (Å²) in [5.41, 5.74) is -1.23. The minimum Gasteiger partial charge on any atom is -0.459 e. The van der Waals surface area contributed by atoms with E-state index in [1.54, 1.807) is 18.4 Å². The Bertz CT molecular complexity index is 391. The van der Waals surface area contributed by atoms with Gasteiger partial charge in [0.15, 0.2) is 0 Å². The molecule has 100 valence electrons. The third kappa shape index (κ3) is 3.95. The molecule has 1 unspecified atom stereocenters. The molecule has 0 fully saturated rings. The number of hydrogen-bond donors (Lipinski definition) is 2. The molecule has 0 radical (unpaired) electrons. The van der Waals surface area contributed by atoms with E-state index in [0.717, 1.165) is 5.82 Å². The van der Waals surface area contributed by atoms with Crippen LogP contribution in [-0.4, -0.2) is 18.1 Å². The second kappa shape index (κ2) is 5.29. The summed E-state index contributed by atoms with van der Waals surface area (Å²) >= 11 is 0. The lowest BCUT2D eigenvalue weighted by Crippen LogP contribution is -2.37. The fourth-order valence-corrected chi connectivity index (χ4v) is 1.49. The number of hydrogen-bond acceptors (Lipinski definition) is 4. The van der Waals surface area contributed by atoms with Crippen LogP contribution in [0.1, 0.15) is 27.7 Å². The van der Waals surface area contributed by atoms with Crippen molar-refractivity contribution < 1.29 is 9.53 Å². The minimum atomic E-state index is -0.748. The Morgan fingerprint density at radius 2 is 2.28 bits per heavy atom. The zero-order valence-corrected chi connectivity index (χ0v) is 11.5. The topological polar surface area (TPSA) is 50.4 Å². The number of nitrogens with one attached hydrogen (secondary N) is 2. The van der Waals surface area contributed by atoms with Crippen molar-refractivity contribution in [3.8, 4) is 0 Å². The van der Waals surface area contributed by atoms with E-state index in [2.05, 4.69) is 17.2 Å². The van der Waals surface area contributed by atoms with Crippen LogP contribution in [0.15, 0.2) is 36.8 Å². The Morgan fingerprint density at radius 3 is 2.83 bits per heavy atom. The quantitative estimate of drug-likeness (QED) is 0.592. The second-order valence-electron chi connectivity index (χ2n) is 5.49. The molecule has 4 heteroatoms. The molecule has 18 heavy (non-hydrogen) atoms. The summed E-state index contributed by atoms with van der Waals surface area (Å²) in [5, 5.41) is 6.16. The molecule has 0 aromatic rings. The monoisotopic (exact) mass is 250 g/mol. The van der Waals surface area contributed by atoms with Gasteiger partial charge in [-0.1, -0.05) is 6.08 Å². The largest absolute Gasteiger partial charge is 0.459 e. The van der Waals surface area contributed by atoms with E-state index in [1.165, 1.54) is 0 Å². The van der Waals surface area contributed by atoms with Crippen molar-refractivity contribution in [2.75, 3.05) is 6.54 Å². The Hall–Kier alpha value is -1.71. The molecule has 0 bridgehead atoms. The Balaban J connectivity index is 2.80. The van der Waals surface area contributed by atoms with Gasteiger partial charge in [0, 0.05) is 6.54 Å². The van der Waals surface area contributed by atoms with Crippen molar-refractivity contribution in [3.05, 3.63) is 36.8 Å². The molecule has 0 spiro atoms. The van der Waals surface area contributed by atoms with Crippen LogP contribution < -0.4 is 10.6 Å². The summed E-state index contributed by atoms with van der Waals surface area (Å²) < 4.78 is 5.42. The Morgan fingerprint density at radius 1 is 1.61 bits per heavy atom. The molecular formula is C14H22N2O2. The van der Waals surface area contributed by atoms with Crippen molar-refractivity contribution in [2.45, 2.75) is 33.3 Å². The lowest BCUT2D eigenvalue weighted by molar-refractivity contribution is -0.161. The van der Waals surface area contributed by atoms with Crippen LogP contribution in [0.5, 0.6) is 0 Å². The number of esters is 1. The third-order valence-electron chi connectivity index (χ3n) is 2.39. The van der Waals surface area contributed by atoms with Gasteiger partial charge in [0.25, 0.3) is 0 Å². The van der Waals surface area contributed by atoms with Crippen molar-refractivity contribution >= 4 is 5.97 Å². The second-order valence-corrected chi connectivity index (χ2v) is 5.49. The van der Waals surface area contributed by atoms with Crippen LogP contribution in [0.3, 0.4) is 0 Å². The molecule has 0 saturated heterocycles. The van der Waals surface area contributed by atoms with Gasteiger partial charge in [-0.05, 0) is 46.0 Å². The molecule has 0 aliphatic carbocycles. The highest BCUT2D eigenvalue weighted by Gasteiger charge is 2.34. The molecule has 0 aromatic carbocycles. The average Bonchev–Trinajstić information content (AvgIpc) is 2.24. The van der Waals surface area contributed by atoms with Crippen LogP contribution in [0.2, 0.25) is 0 Å².